The lowest BCUT2D eigenvalue weighted by atomic mass is 10.2. The van der Waals surface area contributed by atoms with Crippen LogP contribution in [0.15, 0.2) is 36.4 Å². The van der Waals surface area contributed by atoms with Gasteiger partial charge in [-0.25, -0.2) is 0 Å². The largest absolute Gasteiger partial charge is 0.399 e. The van der Waals surface area contributed by atoms with E-state index in [0.717, 1.165) is 16.6 Å². The zero-order chi connectivity index (χ0) is 13.6. The van der Waals surface area contributed by atoms with Crippen molar-refractivity contribution in [3.05, 3.63) is 51.3 Å². The van der Waals surface area contributed by atoms with Crippen LogP contribution in [0.1, 0.15) is 15.4 Å². The van der Waals surface area contributed by atoms with Crippen molar-refractivity contribution < 1.29 is 4.79 Å². The Labute approximate surface area is 119 Å². The molecule has 0 aliphatic carbocycles. The molecule has 0 fully saturated rings. The molecule has 0 aliphatic heterocycles. The molecule has 19 heavy (non-hydrogen) atoms. The third kappa shape index (κ3) is 2.03. The molecule has 0 aliphatic rings. The first kappa shape index (κ1) is 12.3. The van der Waals surface area contributed by atoms with Crippen LogP contribution in [0, 0.1) is 6.92 Å². The van der Waals surface area contributed by atoms with Crippen molar-refractivity contribution in [1.29, 1.82) is 0 Å². The van der Waals surface area contributed by atoms with Crippen LogP contribution in [0.25, 0.3) is 10.9 Å². The fourth-order valence-electron chi connectivity index (χ4n) is 2.18. The summed E-state index contributed by atoms with van der Waals surface area (Å²) in [4.78, 5) is 13.2. The van der Waals surface area contributed by atoms with Gasteiger partial charge in [0.1, 0.15) is 0 Å². The first-order chi connectivity index (χ1) is 9.06. The Morgan fingerprint density at radius 3 is 2.74 bits per heavy atom. The van der Waals surface area contributed by atoms with Gasteiger partial charge < -0.3 is 5.73 Å². The van der Waals surface area contributed by atoms with Gasteiger partial charge in [0.25, 0.3) is 5.91 Å². The van der Waals surface area contributed by atoms with E-state index in [-0.39, 0.29) is 5.91 Å². The van der Waals surface area contributed by atoms with Gasteiger partial charge in [-0.2, -0.15) is 0 Å². The van der Waals surface area contributed by atoms with Crippen LogP contribution >= 0.6 is 22.9 Å². The van der Waals surface area contributed by atoms with E-state index in [9.17, 15) is 4.79 Å². The van der Waals surface area contributed by atoms with E-state index < -0.39 is 0 Å². The minimum absolute atomic E-state index is 0.0610. The fraction of sp³-hybridized carbons (Fsp3) is 0.0714. The van der Waals surface area contributed by atoms with Gasteiger partial charge in [-0.1, -0.05) is 11.6 Å². The minimum Gasteiger partial charge on any atom is -0.399 e. The standard InChI is InChI=1S/C14H11ClN2OS/c1-8-6-9-7-10(16)2-3-11(9)17(8)14(18)12-4-5-13(15)19-12/h2-7H,16H2,1H3. The summed E-state index contributed by atoms with van der Waals surface area (Å²) < 4.78 is 2.30. The minimum atomic E-state index is -0.0610. The van der Waals surface area contributed by atoms with Crippen LogP contribution in [0.4, 0.5) is 5.69 Å². The average Bonchev–Trinajstić information content (AvgIpc) is 2.91. The van der Waals surface area contributed by atoms with Crippen molar-refractivity contribution >= 4 is 45.4 Å². The van der Waals surface area contributed by atoms with Gasteiger partial charge in [0, 0.05) is 16.8 Å². The van der Waals surface area contributed by atoms with Crippen LogP contribution < -0.4 is 5.73 Å². The van der Waals surface area contributed by atoms with Crippen molar-refractivity contribution in [3.8, 4) is 0 Å². The van der Waals surface area contributed by atoms with Crippen LogP contribution in [0.5, 0.6) is 0 Å². The molecule has 1 aromatic carbocycles. The molecule has 3 aromatic rings. The normalized spacial score (nSPS) is 11.1. The molecule has 2 aromatic heterocycles. The third-order valence-electron chi connectivity index (χ3n) is 3.00. The first-order valence-corrected chi connectivity index (χ1v) is 6.93. The second-order valence-electron chi connectivity index (χ2n) is 4.35. The zero-order valence-electron chi connectivity index (χ0n) is 10.2. The molecule has 0 amide bonds. The van der Waals surface area contributed by atoms with Crippen molar-refractivity contribution in [3.63, 3.8) is 0 Å². The molecule has 0 radical (unpaired) electrons. The third-order valence-corrected chi connectivity index (χ3v) is 4.22. The highest BCUT2D eigenvalue weighted by Gasteiger charge is 2.16. The quantitative estimate of drug-likeness (QED) is 0.690. The number of aromatic nitrogens is 1. The van der Waals surface area contributed by atoms with Gasteiger partial charge in [0.2, 0.25) is 0 Å². The van der Waals surface area contributed by atoms with Gasteiger partial charge in [0.05, 0.1) is 14.7 Å². The maximum atomic E-state index is 12.5. The summed E-state index contributed by atoms with van der Waals surface area (Å²) in [6, 6.07) is 11.0. The number of fused-ring (bicyclic) bond motifs is 1. The monoisotopic (exact) mass is 290 g/mol. The van der Waals surface area contributed by atoms with E-state index in [0.29, 0.717) is 14.9 Å². The SMILES string of the molecule is Cc1cc2cc(N)ccc2n1C(=O)c1ccc(Cl)s1. The molecule has 3 rings (SSSR count). The average molecular weight is 291 g/mol. The molecular formula is C14H11ClN2OS. The summed E-state index contributed by atoms with van der Waals surface area (Å²) >= 11 is 7.17. The molecule has 3 nitrogen and oxygen atoms in total. The van der Waals surface area contributed by atoms with E-state index in [4.69, 9.17) is 17.3 Å². The van der Waals surface area contributed by atoms with Gasteiger partial charge in [-0.05, 0) is 43.3 Å². The van der Waals surface area contributed by atoms with E-state index in [1.165, 1.54) is 11.3 Å². The molecule has 0 unspecified atom stereocenters. The summed E-state index contributed by atoms with van der Waals surface area (Å²) in [5.74, 6) is -0.0610. The number of benzene rings is 1. The van der Waals surface area contributed by atoms with Gasteiger partial charge in [-0.15, -0.1) is 11.3 Å². The molecule has 0 atom stereocenters. The maximum Gasteiger partial charge on any atom is 0.272 e. The Balaban J connectivity index is 2.19. The highest BCUT2D eigenvalue weighted by Crippen LogP contribution is 2.26. The Morgan fingerprint density at radius 1 is 1.26 bits per heavy atom. The number of nitrogens with two attached hydrogens (primary N) is 1. The van der Waals surface area contributed by atoms with Crippen LogP contribution in [-0.2, 0) is 0 Å². The molecule has 0 saturated carbocycles. The predicted octanol–water partition coefficient (Wildman–Crippen LogP) is 3.94. The number of rotatable bonds is 1. The van der Waals surface area contributed by atoms with Gasteiger partial charge >= 0.3 is 0 Å². The number of anilines is 1. The number of halogens is 1. The maximum absolute atomic E-state index is 12.5. The van der Waals surface area contributed by atoms with Gasteiger partial charge in [-0.3, -0.25) is 9.36 Å². The van der Waals surface area contributed by atoms with E-state index >= 15 is 0 Å². The number of hydrogen-bond donors (Lipinski definition) is 1. The number of carbonyl (C=O) groups excluding carboxylic acids is 1. The number of thiophene rings is 1. The topological polar surface area (TPSA) is 48.0 Å². The lowest BCUT2D eigenvalue weighted by Gasteiger charge is -2.05. The number of carbonyl (C=O) groups is 1. The number of nitrogens with zero attached hydrogens (tertiary/aromatic N) is 1. The molecule has 0 saturated heterocycles. The second-order valence-corrected chi connectivity index (χ2v) is 6.06. The Hall–Kier alpha value is -1.78. The lowest BCUT2D eigenvalue weighted by molar-refractivity contribution is 0.0967. The predicted molar refractivity (Wildman–Crippen MR) is 80.1 cm³/mol. The van der Waals surface area contributed by atoms with Crippen LogP contribution in [-0.4, -0.2) is 10.5 Å². The lowest BCUT2D eigenvalue weighted by Crippen LogP contribution is -2.11. The molecule has 2 heterocycles. The molecule has 96 valence electrons. The smallest absolute Gasteiger partial charge is 0.272 e. The summed E-state index contributed by atoms with van der Waals surface area (Å²) in [5, 5.41) is 0.966. The van der Waals surface area contributed by atoms with Crippen molar-refractivity contribution in [2.45, 2.75) is 6.92 Å². The van der Waals surface area contributed by atoms with Crippen LogP contribution in [0.3, 0.4) is 0 Å². The Kier molecular flexibility index (Phi) is 2.84. The second kappa shape index (κ2) is 4.40. The molecule has 0 spiro atoms. The summed E-state index contributed by atoms with van der Waals surface area (Å²) in [6.07, 6.45) is 0. The number of hydrogen-bond acceptors (Lipinski definition) is 3. The van der Waals surface area contributed by atoms with E-state index in [2.05, 4.69) is 0 Å². The summed E-state index contributed by atoms with van der Waals surface area (Å²) in [5.41, 5.74) is 8.20. The highest BCUT2D eigenvalue weighted by atomic mass is 35.5. The molecular weight excluding hydrogens is 280 g/mol. The Bertz CT molecular complexity index is 788. The van der Waals surface area contributed by atoms with E-state index in [1.54, 1.807) is 22.8 Å². The van der Waals surface area contributed by atoms with Crippen molar-refractivity contribution in [2.24, 2.45) is 0 Å². The number of aryl methyl sites for hydroxylation is 1. The molecule has 5 heteroatoms. The Morgan fingerprint density at radius 2 is 2.05 bits per heavy atom. The molecule has 2 N–H and O–H groups in total. The molecule has 0 bridgehead atoms. The first-order valence-electron chi connectivity index (χ1n) is 5.74. The fourth-order valence-corrected chi connectivity index (χ4v) is 3.15. The number of nitrogen functional groups attached to an aromatic ring is 1. The highest BCUT2D eigenvalue weighted by molar-refractivity contribution is 7.18. The van der Waals surface area contributed by atoms with Gasteiger partial charge in [0.15, 0.2) is 0 Å². The van der Waals surface area contributed by atoms with E-state index in [1.807, 2.05) is 25.1 Å². The van der Waals surface area contributed by atoms with Crippen LogP contribution in [0.2, 0.25) is 4.34 Å². The summed E-state index contributed by atoms with van der Waals surface area (Å²) in [6.45, 7) is 1.91. The zero-order valence-corrected chi connectivity index (χ0v) is 11.8. The van der Waals surface area contributed by atoms with Crippen molar-refractivity contribution in [2.75, 3.05) is 5.73 Å². The van der Waals surface area contributed by atoms with Crippen molar-refractivity contribution in [1.82, 2.24) is 4.57 Å². The summed E-state index contributed by atoms with van der Waals surface area (Å²) in [7, 11) is 0.